The van der Waals surface area contributed by atoms with Crippen LogP contribution in [0.1, 0.15) is 19.4 Å². The standard InChI is InChI=1S/C12H18N2O3S/c1-3-9-4-5-10(6-11(9)13)18(16,17)14-7-12(2,15)8-14/h4-6,15H,3,7-8,13H2,1-2H3. The van der Waals surface area contributed by atoms with Crippen molar-refractivity contribution in [1.29, 1.82) is 0 Å². The highest BCUT2D eigenvalue weighted by atomic mass is 32.2. The maximum Gasteiger partial charge on any atom is 0.243 e. The highest BCUT2D eigenvalue weighted by molar-refractivity contribution is 7.89. The van der Waals surface area contributed by atoms with Gasteiger partial charge in [0, 0.05) is 18.8 Å². The summed E-state index contributed by atoms with van der Waals surface area (Å²) in [6, 6.07) is 4.79. The zero-order chi connectivity index (χ0) is 13.6. The van der Waals surface area contributed by atoms with Gasteiger partial charge in [0.1, 0.15) is 0 Å². The molecule has 0 bridgehead atoms. The third kappa shape index (κ3) is 2.23. The van der Waals surface area contributed by atoms with E-state index in [0.717, 1.165) is 12.0 Å². The second-order valence-corrected chi connectivity index (χ2v) is 6.92. The lowest BCUT2D eigenvalue weighted by Crippen LogP contribution is -2.61. The molecular formula is C12H18N2O3S. The number of hydrogen-bond acceptors (Lipinski definition) is 4. The molecule has 1 heterocycles. The van der Waals surface area contributed by atoms with Crippen LogP contribution < -0.4 is 5.73 Å². The molecule has 0 unspecified atom stereocenters. The summed E-state index contributed by atoms with van der Waals surface area (Å²) in [5.41, 5.74) is 6.32. The highest BCUT2D eigenvalue weighted by Crippen LogP contribution is 2.29. The summed E-state index contributed by atoms with van der Waals surface area (Å²) in [5.74, 6) is 0. The Bertz CT molecular complexity index is 559. The topological polar surface area (TPSA) is 83.6 Å². The van der Waals surface area contributed by atoms with Gasteiger partial charge in [-0.1, -0.05) is 13.0 Å². The first kappa shape index (κ1) is 13.3. The summed E-state index contributed by atoms with van der Waals surface area (Å²) in [6.07, 6.45) is 0.768. The van der Waals surface area contributed by atoms with Crippen LogP contribution in [0, 0.1) is 0 Å². The number of aryl methyl sites for hydroxylation is 1. The van der Waals surface area contributed by atoms with Crippen LogP contribution in [0.25, 0.3) is 0 Å². The Balaban J connectivity index is 2.29. The van der Waals surface area contributed by atoms with E-state index in [9.17, 15) is 13.5 Å². The van der Waals surface area contributed by atoms with Crippen LogP contribution >= 0.6 is 0 Å². The van der Waals surface area contributed by atoms with Crippen LogP contribution in [-0.4, -0.2) is 36.5 Å². The monoisotopic (exact) mass is 270 g/mol. The predicted molar refractivity (Wildman–Crippen MR) is 69.6 cm³/mol. The molecule has 1 saturated heterocycles. The Morgan fingerprint density at radius 3 is 2.50 bits per heavy atom. The molecule has 1 aliphatic rings. The van der Waals surface area contributed by atoms with Crippen LogP contribution in [-0.2, 0) is 16.4 Å². The summed E-state index contributed by atoms with van der Waals surface area (Å²) in [7, 11) is -3.53. The molecule has 1 aromatic rings. The van der Waals surface area contributed by atoms with E-state index in [0.29, 0.717) is 5.69 Å². The van der Waals surface area contributed by atoms with Crippen molar-refractivity contribution in [3.63, 3.8) is 0 Å². The fourth-order valence-corrected chi connectivity index (χ4v) is 3.80. The average Bonchev–Trinajstić information content (AvgIpc) is 2.25. The van der Waals surface area contributed by atoms with Gasteiger partial charge in [-0.05, 0) is 31.0 Å². The summed E-state index contributed by atoms with van der Waals surface area (Å²) in [4.78, 5) is 0.188. The molecule has 0 amide bonds. The van der Waals surface area contributed by atoms with E-state index >= 15 is 0 Å². The van der Waals surface area contributed by atoms with Gasteiger partial charge in [0.2, 0.25) is 10.0 Å². The minimum atomic E-state index is -3.53. The summed E-state index contributed by atoms with van der Waals surface area (Å²) >= 11 is 0. The van der Waals surface area contributed by atoms with Crippen molar-refractivity contribution >= 4 is 15.7 Å². The van der Waals surface area contributed by atoms with Gasteiger partial charge in [0.05, 0.1) is 10.5 Å². The van der Waals surface area contributed by atoms with E-state index in [2.05, 4.69) is 0 Å². The molecule has 6 heteroatoms. The summed E-state index contributed by atoms with van der Waals surface area (Å²) in [6.45, 7) is 3.84. The van der Waals surface area contributed by atoms with Crippen molar-refractivity contribution in [2.24, 2.45) is 0 Å². The Hall–Kier alpha value is -1.11. The number of sulfonamides is 1. The van der Waals surface area contributed by atoms with Crippen LogP contribution in [0.4, 0.5) is 5.69 Å². The number of benzene rings is 1. The average molecular weight is 270 g/mol. The molecule has 100 valence electrons. The Labute approximate surface area is 107 Å². The largest absolute Gasteiger partial charge is 0.398 e. The van der Waals surface area contributed by atoms with Gasteiger partial charge in [-0.25, -0.2) is 8.42 Å². The third-order valence-corrected chi connectivity index (χ3v) is 4.96. The Morgan fingerprint density at radius 2 is 2.06 bits per heavy atom. The van der Waals surface area contributed by atoms with Gasteiger partial charge in [-0.15, -0.1) is 0 Å². The first-order valence-corrected chi connectivity index (χ1v) is 7.31. The molecule has 1 aromatic carbocycles. The molecule has 0 spiro atoms. The minimum Gasteiger partial charge on any atom is -0.398 e. The van der Waals surface area contributed by atoms with Crippen LogP contribution in [0.3, 0.4) is 0 Å². The molecule has 1 aliphatic heterocycles. The molecule has 0 atom stereocenters. The smallest absolute Gasteiger partial charge is 0.243 e. The van der Waals surface area contributed by atoms with Crippen LogP contribution in [0.5, 0.6) is 0 Å². The van der Waals surface area contributed by atoms with Gasteiger partial charge in [-0.2, -0.15) is 4.31 Å². The van der Waals surface area contributed by atoms with Crippen molar-refractivity contribution < 1.29 is 13.5 Å². The van der Waals surface area contributed by atoms with Gasteiger partial charge < -0.3 is 10.8 Å². The zero-order valence-electron chi connectivity index (χ0n) is 10.5. The molecule has 0 saturated carbocycles. The first-order valence-electron chi connectivity index (χ1n) is 5.87. The molecule has 5 nitrogen and oxygen atoms in total. The van der Waals surface area contributed by atoms with E-state index in [1.807, 2.05) is 6.92 Å². The molecule has 1 fully saturated rings. The van der Waals surface area contributed by atoms with Gasteiger partial charge in [0.15, 0.2) is 0 Å². The minimum absolute atomic E-state index is 0.130. The fraction of sp³-hybridized carbons (Fsp3) is 0.500. The molecule has 3 N–H and O–H groups in total. The van der Waals surface area contributed by atoms with Crippen molar-refractivity contribution in [1.82, 2.24) is 4.31 Å². The van der Waals surface area contributed by atoms with E-state index in [1.54, 1.807) is 19.1 Å². The first-order chi connectivity index (χ1) is 8.26. The van der Waals surface area contributed by atoms with Crippen LogP contribution in [0.15, 0.2) is 23.1 Å². The van der Waals surface area contributed by atoms with Crippen molar-refractivity contribution in [3.8, 4) is 0 Å². The molecule has 0 aromatic heterocycles. The normalized spacial score (nSPS) is 19.5. The summed E-state index contributed by atoms with van der Waals surface area (Å²) < 4.78 is 25.7. The molecule has 2 rings (SSSR count). The second-order valence-electron chi connectivity index (χ2n) is 4.98. The predicted octanol–water partition coefficient (Wildman–Crippen LogP) is 0.587. The van der Waals surface area contributed by atoms with E-state index < -0.39 is 15.6 Å². The van der Waals surface area contributed by atoms with Crippen LogP contribution in [0.2, 0.25) is 0 Å². The number of rotatable bonds is 3. The zero-order valence-corrected chi connectivity index (χ0v) is 11.4. The number of nitrogen functional groups attached to an aromatic ring is 1. The molecule has 0 radical (unpaired) electrons. The lowest BCUT2D eigenvalue weighted by Gasteiger charge is -2.42. The van der Waals surface area contributed by atoms with Gasteiger partial charge >= 0.3 is 0 Å². The number of aliphatic hydroxyl groups is 1. The number of hydrogen-bond donors (Lipinski definition) is 2. The number of β-amino-alcohol motifs (C(OH)–C–C–N with tert-alkyl or cyclic N) is 1. The Morgan fingerprint density at radius 1 is 1.44 bits per heavy atom. The van der Waals surface area contributed by atoms with Crippen molar-refractivity contribution in [2.75, 3.05) is 18.8 Å². The van der Waals surface area contributed by atoms with Gasteiger partial charge in [0.25, 0.3) is 0 Å². The Kier molecular flexibility index (Phi) is 3.12. The third-order valence-electron chi connectivity index (χ3n) is 3.17. The second kappa shape index (κ2) is 4.22. The molecule has 0 aliphatic carbocycles. The van der Waals surface area contributed by atoms with E-state index in [-0.39, 0.29) is 18.0 Å². The lowest BCUT2D eigenvalue weighted by molar-refractivity contribution is -0.0426. The molecule has 18 heavy (non-hydrogen) atoms. The number of nitrogens with zero attached hydrogens (tertiary/aromatic N) is 1. The van der Waals surface area contributed by atoms with E-state index in [1.165, 1.54) is 10.4 Å². The highest BCUT2D eigenvalue weighted by Gasteiger charge is 2.43. The van der Waals surface area contributed by atoms with Crippen molar-refractivity contribution in [3.05, 3.63) is 23.8 Å². The van der Waals surface area contributed by atoms with E-state index in [4.69, 9.17) is 5.73 Å². The number of anilines is 1. The molecular weight excluding hydrogens is 252 g/mol. The van der Waals surface area contributed by atoms with Gasteiger partial charge in [-0.3, -0.25) is 0 Å². The maximum atomic E-state index is 12.2. The summed E-state index contributed by atoms with van der Waals surface area (Å²) in [5, 5.41) is 9.60. The quantitative estimate of drug-likeness (QED) is 0.787. The number of nitrogens with two attached hydrogens (primary N) is 1. The lowest BCUT2D eigenvalue weighted by atomic mass is 10.0. The SMILES string of the molecule is CCc1ccc(S(=O)(=O)N2CC(C)(O)C2)cc1N. The maximum absolute atomic E-state index is 12.2. The fourth-order valence-electron chi connectivity index (χ4n) is 2.09. The van der Waals surface area contributed by atoms with Crippen molar-refractivity contribution in [2.45, 2.75) is 30.8 Å².